The van der Waals surface area contributed by atoms with Crippen LogP contribution in [0.15, 0.2) is 6.07 Å². The number of primary amides is 1. The Morgan fingerprint density at radius 2 is 1.73 bits per heavy atom. The molecule has 0 unspecified atom stereocenters. The molecule has 0 saturated carbocycles. The summed E-state index contributed by atoms with van der Waals surface area (Å²) < 4.78 is 2.03. The lowest BCUT2D eigenvalue weighted by atomic mass is 10.1. The highest BCUT2D eigenvalue weighted by Gasteiger charge is 2.20. The van der Waals surface area contributed by atoms with Gasteiger partial charge < -0.3 is 5.73 Å². The van der Waals surface area contributed by atoms with Gasteiger partial charge in [-0.2, -0.15) is 0 Å². The van der Waals surface area contributed by atoms with Crippen molar-refractivity contribution in [3.05, 3.63) is 27.9 Å². The van der Waals surface area contributed by atoms with Crippen LogP contribution < -0.4 is 5.73 Å². The fourth-order valence-electron chi connectivity index (χ4n) is 0.956. The van der Waals surface area contributed by atoms with Crippen molar-refractivity contribution in [2.24, 2.45) is 5.73 Å². The van der Waals surface area contributed by atoms with E-state index in [-0.39, 0.29) is 0 Å². The third-order valence-electron chi connectivity index (χ3n) is 1.62. The minimum Gasteiger partial charge on any atom is -0.366 e. The van der Waals surface area contributed by atoms with E-state index in [1.165, 1.54) is 0 Å². The van der Waals surface area contributed by atoms with Gasteiger partial charge in [-0.1, -0.05) is 0 Å². The summed E-state index contributed by atoms with van der Waals surface area (Å²) in [6.45, 7) is 0. The van der Waals surface area contributed by atoms with Gasteiger partial charge in [0.2, 0.25) is 5.91 Å². The van der Waals surface area contributed by atoms with E-state index in [1.54, 1.807) is 6.07 Å². The summed E-state index contributed by atoms with van der Waals surface area (Å²) in [5, 5.41) is -0.579. The van der Waals surface area contributed by atoms with E-state index >= 15 is 0 Å². The maximum absolute atomic E-state index is 11.2. The summed E-state index contributed by atoms with van der Waals surface area (Å²) in [6, 6.07) is 1.65. The molecule has 2 N–H and O–H groups in total. The highest BCUT2D eigenvalue weighted by molar-refractivity contribution is 14.1. The van der Waals surface area contributed by atoms with Crippen LogP contribution >= 0.6 is 79.4 Å². The molecule has 0 radical (unpaired) electrons. The zero-order chi connectivity index (χ0) is 11.7. The number of hydrogen-bond acceptors (Lipinski definition) is 2. The number of halogens is 4. The van der Waals surface area contributed by atoms with Crippen molar-refractivity contribution in [3.8, 4) is 0 Å². The number of hydrogen-bond donors (Lipinski definition) is 1. The molecule has 0 heterocycles. The third-order valence-corrected chi connectivity index (χ3v) is 5.93. The molecule has 0 fully saturated rings. The van der Waals surface area contributed by atoms with E-state index in [0.29, 0.717) is 14.7 Å². The third kappa shape index (κ3) is 2.94. The average Bonchev–Trinajstić information content (AvgIpc) is 2.10. The van der Waals surface area contributed by atoms with Crippen LogP contribution in [0.3, 0.4) is 0 Å². The van der Waals surface area contributed by atoms with Crippen LogP contribution in [0.25, 0.3) is 0 Å². The first kappa shape index (κ1) is 13.9. The van der Waals surface area contributed by atoms with Gasteiger partial charge in [0.15, 0.2) is 0 Å². The largest absolute Gasteiger partial charge is 0.366 e. The van der Waals surface area contributed by atoms with Gasteiger partial charge in [0.25, 0.3) is 5.24 Å². The summed E-state index contributed by atoms with van der Waals surface area (Å²) >= 11 is 11.4. The van der Waals surface area contributed by atoms with Gasteiger partial charge in [-0.05, 0) is 85.4 Å². The van der Waals surface area contributed by atoms with Crippen molar-refractivity contribution in [1.82, 2.24) is 0 Å². The zero-order valence-electron chi connectivity index (χ0n) is 6.98. The lowest BCUT2D eigenvalue weighted by molar-refractivity contribution is 0.0999. The Labute approximate surface area is 132 Å². The minimum absolute atomic E-state index is 0.324. The van der Waals surface area contributed by atoms with Crippen LogP contribution in [0.5, 0.6) is 0 Å². The molecular formula is C8H3ClI3NO2. The smallest absolute Gasteiger partial charge is 0.254 e. The van der Waals surface area contributed by atoms with E-state index in [2.05, 4.69) is 0 Å². The molecule has 80 valence electrons. The second-order valence-electron chi connectivity index (χ2n) is 2.55. The van der Waals surface area contributed by atoms with Crippen molar-refractivity contribution < 1.29 is 9.59 Å². The summed E-state index contributed by atoms with van der Waals surface area (Å²) in [5.74, 6) is -0.562. The van der Waals surface area contributed by atoms with Gasteiger partial charge in [0.05, 0.1) is 11.1 Å². The fourth-order valence-corrected chi connectivity index (χ4v) is 4.17. The van der Waals surface area contributed by atoms with Crippen molar-refractivity contribution in [2.45, 2.75) is 0 Å². The number of amides is 1. The van der Waals surface area contributed by atoms with Crippen molar-refractivity contribution in [1.29, 1.82) is 0 Å². The van der Waals surface area contributed by atoms with Gasteiger partial charge in [-0.3, -0.25) is 9.59 Å². The highest BCUT2D eigenvalue weighted by atomic mass is 127. The lowest BCUT2D eigenvalue weighted by Crippen LogP contribution is -2.16. The number of benzene rings is 1. The van der Waals surface area contributed by atoms with E-state index in [0.717, 1.165) is 7.14 Å². The number of rotatable bonds is 2. The van der Waals surface area contributed by atoms with Crippen LogP contribution in [-0.2, 0) is 0 Å². The molecule has 15 heavy (non-hydrogen) atoms. The maximum atomic E-state index is 11.2. The van der Waals surface area contributed by atoms with Crippen LogP contribution in [0, 0.1) is 10.7 Å². The van der Waals surface area contributed by atoms with Crippen LogP contribution in [0.1, 0.15) is 20.7 Å². The van der Waals surface area contributed by atoms with Gasteiger partial charge in [-0.25, -0.2) is 0 Å². The Morgan fingerprint density at radius 1 is 1.20 bits per heavy atom. The van der Waals surface area contributed by atoms with Crippen molar-refractivity contribution in [2.75, 3.05) is 0 Å². The topological polar surface area (TPSA) is 60.2 Å². The monoisotopic (exact) mass is 561 g/mol. The number of nitrogens with two attached hydrogens (primary N) is 1. The normalized spacial score (nSPS) is 10.1. The summed E-state index contributed by atoms with van der Waals surface area (Å²) in [7, 11) is 0. The van der Waals surface area contributed by atoms with E-state index in [9.17, 15) is 9.59 Å². The molecule has 0 saturated heterocycles. The summed E-state index contributed by atoms with van der Waals surface area (Å²) in [5.41, 5.74) is 5.87. The van der Waals surface area contributed by atoms with E-state index in [4.69, 9.17) is 17.3 Å². The molecule has 1 amide bonds. The van der Waals surface area contributed by atoms with E-state index in [1.807, 2.05) is 67.8 Å². The predicted molar refractivity (Wildman–Crippen MR) is 83.3 cm³/mol. The first-order valence-corrected chi connectivity index (χ1v) is 7.14. The Balaban J connectivity index is 3.63. The van der Waals surface area contributed by atoms with Gasteiger partial charge in [0, 0.05) is 10.7 Å². The van der Waals surface area contributed by atoms with Gasteiger partial charge in [0.1, 0.15) is 0 Å². The van der Waals surface area contributed by atoms with Crippen LogP contribution in [0.2, 0.25) is 0 Å². The van der Waals surface area contributed by atoms with E-state index < -0.39 is 11.1 Å². The van der Waals surface area contributed by atoms with Crippen LogP contribution in [0.4, 0.5) is 0 Å². The molecule has 0 atom stereocenters. The Hall–Kier alpha value is 0.840. The average molecular weight is 561 g/mol. The molecule has 0 aliphatic heterocycles. The Bertz CT molecular complexity index is 462. The second-order valence-corrected chi connectivity index (χ2v) is 6.21. The summed E-state index contributed by atoms with van der Waals surface area (Å²) in [4.78, 5) is 22.3. The first-order chi connectivity index (χ1) is 6.86. The molecule has 0 spiro atoms. The molecule has 0 bridgehead atoms. The molecule has 3 nitrogen and oxygen atoms in total. The Kier molecular flexibility index (Phi) is 5.05. The number of carbonyl (C=O) groups is 2. The standard InChI is InChI=1S/C8H3ClI3NO2/c9-7(14)4-5(11)2(8(13)15)1-3(10)6(4)12/h1H,(H2,13,15). The van der Waals surface area contributed by atoms with Crippen molar-refractivity contribution in [3.63, 3.8) is 0 Å². The minimum atomic E-state index is -0.579. The fraction of sp³-hybridized carbons (Fsp3) is 0. The van der Waals surface area contributed by atoms with Crippen molar-refractivity contribution >= 4 is 90.5 Å². The molecule has 7 heteroatoms. The molecule has 0 aromatic heterocycles. The molecule has 1 aromatic carbocycles. The first-order valence-electron chi connectivity index (χ1n) is 3.53. The number of carbonyl (C=O) groups excluding carboxylic acids is 2. The van der Waals surface area contributed by atoms with Gasteiger partial charge >= 0.3 is 0 Å². The predicted octanol–water partition coefficient (Wildman–Crippen LogP) is 2.98. The summed E-state index contributed by atoms with van der Waals surface area (Å²) in [6.07, 6.45) is 0. The molecular weight excluding hydrogens is 558 g/mol. The molecule has 0 aliphatic rings. The highest BCUT2D eigenvalue weighted by Crippen LogP contribution is 2.28. The van der Waals surface area contributed by atoms with Gasteiger partial charge in [-0.15, -0.1) is 0 Å². The zero-order valence-corrected chi connectivity index (χ0v) is 14.2. The Morgan fingerprint density at radius 3 is 2.13 bits per heavy atom. The molecule has 1 aromatic rings. The SMILES string of the molecule is NC(=O)c1cc(I)c(I)c(C(=O)Cl)c1I. The van der Waals surface area contributed by atoms with Crippen LogP contribution in [-0.4, -0.2) is 11.1 Å². The molecule has 0 aliphatic carbocycles. The second kappa shape index (κ2) is 5.45. The quantitative estimate of drug-likeness (QED) is 0.343. The molecule has 1 rings (SSSR count). The maximum Gasteiger partial charge on any atom is 0.254 e. The lowest BCUT2D eigenvalue weighted by Gasteiger charge is -2.08.